The molecule has 7 nitrogen and oxygen atoms in total. The molecule has 0 spiro atoms. The van der Waals surface area contributed by atoms with Crippen molar-refractivity contribution >= 4 is 35.1 Å². The van der Waals surface area contributed by atoms with Crippen LogP contribution in [0.3, 0.4) is 0 Å². The molecule has 0 aliphatic rings. The fourth-order valence-electron chi connectivity index (χ4n) is 2.71. The van der Waals surface area contributed by atoms with Gasteiger partial charge in [0, 0.05) is 12.7 Å². The van der Waals surface area contributed by atoms with Crippen molar-refractivity contribution in [3.8, 4) is 5.75 Å². The highest BCUT2D eigenvalue weighted by molar-refractivity contribution is 7.99. The number of thioether (sulfide) groups is 1. The lowest BCUT2D eigenvalue weighted by Gasteiger charge is -2.16. The highest BCUT2D eigenvalue weighted by Crippen LogP contribution is 2.25. The second kappa shape index (κ2) is 9.76. The summed E-state index contributed by atoms with van der Waals surface area (Å²) in [6.07, 6.45) is 1.21. The molecular formula is C20H22ClN5O2S. The molecule has 0 bridgehead atoms. The Bertz CT molecular complexity index is 977. The van der Waals surface area contributed by atoms with Gasteiger partial charge in [-0.3, -0.25) is 4.79 Å². The van der Waals surface area contributed by atoms with Crippen LogP contribution < -0.4 is 10.1 Å². The van der Waals surface area contributed by atoms with E-state index in [4.69, 9.17) is 16.3 Å². The van der Waals surface area contributed by atoms with Crippen LogP contribution in [0.15, 0.2) is 47.8 Å². The first kappa shape index (κ1) is 21.1. The maximum Gasteiger partial charge on any atom is 0.236 e. The number of ether oxygens (including phenoxy) is 1. The monoisotopic (exact) mass is 431 g/mol. The van der Waals surface area contributed by atoms with Crippen LogP contribution in [0.25, 0.3) is 0 Å². The van der Waals surface area contributed by atoms with Gasteiger partial charge in [0.25, 0.3) is 0 Å². The number of nitrogens with zero attached hydrogens (tertiary/aromatic N) is 4. The number of anilines is 1. The van der Waals surface area contributed by atoms with Gasteiger partial charge in [0.2, 0.25) is 5.91 Å². The van der Waals surface area contributed by atoms with E-state index >= 15 is 0 Å². The minimum absolute atomic E-state index is 0.180. The van der Waals surface area contributed by atoms with E-state index in [1.165, 1.54) is 18.0 Å². The molecule has 0 aliphatic carbocycles. The number of carbonyl (C=O) groups excluding carboxylic acids is 1. The van der Waals surface area contributed by atoms with Gasteiger partial charge in [-0.1, -0.05) is 35.5 Å². The lowest BCUT2D eigenvalue weighted by Crippen LogP contribution is -2.16. The molecule has 1 N–H and O–H groups in total. The van der Waals surface area contributed by atoms with Crippen molar-refractivity contribution in [3.63, 3.8) is 0 Å². The van der Waals surface area contributed by atoms with Gasteiger partial charge in [-0.15, -0.1) is 10.2 Å². The SMILES string of the molecule is CCn1c(SCC(=O)Nc2ccc(Cl)cn2)nnc1C(C)Oc1cccc(C)c1. The molecule has 0 fully saturated rings. The Balaban J connectivity index is 1.62. The third kappa shape index (κ3) is 5.71. The molecule has 3 rings (SSSR count). The summed E-state index contributed by atoms with van der Waals surface area (Å²) in [7, 11) is 0. The van der Waals surface area contributed by atoms with Crippen molar-refractivity contribution < 1.29 is 9.53 Å². The molecule has 1 unspecified atom stereocenters. The van der Waals surface area contributed by atoms with Gasteiger partial charge in [0.15, 0.2) is 17.1 Å². The van der Waals surface area contributed by atoms with E-state index in [1.807, 2.05) is 49.6 Å². The highest BCUT2D eigenvalue weighted by atomic mass is 35.5. The van der Waals surface area contributed by atoms with Crippen LogP contribution in [-0.4, -0.2) is 31.4 Å². The van der Waals surface area contributed by atoms with E-state index in [9.17, 15) is 4.79 Å². The van der Waals surface area contributed by atoms with E-state index in [0.717, 1.165) is 17.1 Å². The van der Waals surface area contributed by atoms with Gasteiger partial charge >= 0.3 is 0 Å². The first-order valence-corrected chi connectivity index (χ1v) is 10.5. The van der Waals surface area contributed by atoms with E-state index in [1.54, 1.807) is 12.1 Å². The second-order valence-electron chi connectivity index (χ2n) is 6.36. The predicted octanol–water partition coefficient (Wildman–Crippen LogP) is 4.53. The smallest absolute Gasteiger partial charge is 0.236 e. The second-order valence-corrected chi connectivity index (χ2v) is 7.74. The van der Waals surface area contributed by atoms with Crippen LogP contribution >= 0.6 is 23.4 Å². The number of hydrogen-bond acceptors (Lipinski definition) is 6. The van der Waals surface area contributed by atoms with Crippen LogP contribution in [0.4, 0.5) is 5.82 Å². The number of amides is 1. The molecule has 9 heteroatoms. The quantitative estimate of drug-likeness (QED) is 0.528. The number of halogens is 1. The summed E-state index contributed by atoms with van der Waals surface area (Å²) in [5.74, 6) is 1.97. The molecule has 2 heterocycles. The highest BCUT2D eigenvalue weighted by Gasteiger charge is 2.19. The zero-order chi connectivity index (χ0) is 20.8. The Labute approximate surface area is 178 Å². The lowest BCUT2D eigenvalue weighted by atomic mass is 10.2. The van der Waals surface area contributed by atoms with E-state index in [2.05, 4.69) is 20.5 Å². The topological polar surface area (TPSA) is 81.9 Å². The molecule has 1 aromatic carbocycles. The minimum Gasteiger partial charge on any atom is -0.483 e. The zero-order valence-electron chi connectivity index (χ0n) is 16.4. The Morgan fingerprint density at radius 1 is 1.31 bits per heavy atom. The summed E-state index contributed by atoms with van der Waals surface area (Å²) in [4.78, 5) is 16.3. The van der Waals surface area contributed by atoms with Crippen molar-refractivity contribution in [2.24, 2.45) is 0 Å². The van der Waals surface area contributed by atoms with Crippen LogP contribution in [-0.2, 0) is 11.3 Å². The summed E-state index contributed by atoms with van der Waals surface area (Å²) < 4.78 is 7.98. The Kier molecular flexibility index (Phi) is 7.11. The van der Waals surface area contributed by atoms with Crippen molar-refractivity contribution in [3.05, 3.63) is 59.0 Å². The van der Waals surface area contributed by atoms with Crippen LogP contribution in [0.2, 0.25) is 5.02 Å². The molecule has 0 saturated carbocycles. The number of carbonyl (C=O) groups is 1. The fraction of sp³-hybridized carbons (Fsp3) is 0.300. The first-order valence-electron chi connectivity index (χ1n) is 9.17. The number of pyridine rings is 1. The third-order valence-electron chi connectivity index (χ3n) is 4.05. The molecule has 1 amide bonds. The van der Waals surface area contributed by atoms with Crippen LogP contribution in [0.1, 0.15) is 31.3 Å². The molecule has 2 aromatic heterocycles. The number of benzene rings is 1. The van der Waals surface area contributed by atoms with Crippen molar-refractivity contribution in [1.29, 1.82) is 0 Å². The first-order chi connectivity index (χ1) is 14.0. The zero-order valence-corrected chi connectivity index (χ0v) is 18.0. The largest absolute Gasteiger partial charge is 0.483 e. The molecule has 0 saturated heterocycles. The Morgan fingerprint density at radius 3 is 2.83 bits per heavy atom. The van der Waals surface area contributed by atoms with Gasteiger partial charge in [0.05, 0.1) is 10.8 Å². The average molecular weight is 432 g/mol. The standard InChI is InChI=1S/C20H22ClN5O2S/c1-4-26-19(14(3)28-16-7-5-6-13(2)10-16)24-25-20(26)29-12-18(27)23-17-9-8-15(21)11-22-17/h5-11,14H,4,12H2,1-3H3,(H,22,23,27). The van der Waals surface area contributed by atoms with Crippen molar-refractivity contribution in [2.75, 3.05) is 11.1 Å². The Hall–Kier alpha value is -2.58. The van der Waals surface area contributed by atoms with E-state index in [-0.39, 0.29) is 17.8 Å². The summed E-state index contributed by atoms with van der Waals surface area (Å²) in [6, 6.07) is 11.2. The van der Waals surface area contributed by atoms with E-state index < -0.39 is 0 Å². The molecule has 152 valence electrons. The van der Waals surface area contributed by atoms with Crippen LogP contribution in [0.5, 0.6) is 5.75 Å². The normalized spacial score (nSPS) is 11.9. The summed E-state index contributed by atoms with van der Waals surface area (Å²) >= 11 is 7.12. The fourth-order valence-corrected chi connectivity index (χ4v) is 3.63. The summed E-state index contributed by atoms with van der Waals surface area (Å²) in [6.45, 7) is 6.64. The number of nitrogens with one attached hydrogen (secondary N) is 1. The number of aryl methyl sites for hydroxylation is 1. The molecule has 29 heavy (non-hydrogen) atoms. The molecule has 3 aromatic rings. The maximum atomic E-state index is 12.2. The number of aromatic nitrogens is 4. The summed E-state index contributed by atoms with van der Waals surface area (Å²) in [5, 5.41) is 12.4. The van der Waals surface area contributed by atoms with Gasteiger partial charge in [-0.2, -0.15) is 0 Å². The molecule has 0 radical (unpaired) electrons. The average Bonchev–Trinajstić information content (AvgIpc) is 3.11. The van der Waals surface area contributed by atoms with Gasteiger partial charge < -0.3 is 14.6 Å². The number of hydrogen-bond donors (Lipinski definition) is 1. The molecule has 1 atom stereocenters. The molecule has 0 aliphatic heterocycles. The predicted molar refractivity (Wildman–Crippen MR) is 115 cm³/mol. The lowest BCUT2D eigenvalue weighted by molar-refractivity contribution is -0.113. The van der Waals surface area contributed by atoms with Crippen molar-refractivity contribution in [2.45, 2.75) is 38.6 Å². The minimum atomic E-state index is -0.273. The van der Waals surface area contributed by atoms with Gasteiger partial charge in [0.1, 0.15) is 11.6 Å². The maximum absolute atomic E-state index is 12.2. The van der Waals surface area contributed by atoms with Crippen LogP contribution in [0, 0.1) is 6.92 Å². The van der Waals surface area contributed by atoms with Gasteiger partial charge in [-0.25, -0.2) is 4.98 Å². The van der Waals surface area contributed by atoms with Crippen molar-refractivity contribution in [1.82, 2.24) is 19.7 Å². The third-order valence-corrected chi connectivity index (χ3v) is 5.25. The molecular weight excluding hydrogens is 410 g/mol. The number of rotatable bonds is 8. The summed E-state index contributed by atoms with van der Waals surface area (Å²) in [5.41, 5.74) is 1.13. The Morgan fingerprint density at radius 2 is 2.14 bits per heavy atom. The van der Waals surface area contributed by atoms with Gasteiger partial charge in [-0.05, 0) is 50.6 Å². The van der Waals surface area contributed by atoms with E-state index in [0.29, 0.717) is 22.5 Å².